The van der Waals surface area contributed by atoms with E-state index >= 15 is 0 Å². The van der Waals surface area contributed by atoms with Crippen molar-refractivity contribution in [1.29, 1.82) is 0 Å². The maximum atomic E-state index is 12.7. The van der Waals surface area contributed by atoms with E-state index in [2.05, 4.69) is 5.32 Å². The quantitative estimate of drug-likeness (QED) is 0.883. The monoisotopic (exact) mass is 371 g/mol. The lowest BCUT2D eigenvalue weighted by Gasteiger charge is -2.41. The Morgan fingerprint density at radius 1 is 1.23 bits per heavy atom. The number of halogens is 3. The molecular weight excluding hydrogens is 347 g/mol. The lowest BCUT2D eigenvalue weighted by molar-refractivity contribution is -0.137. The third kappa shape index (κ3) is 4.97. The predicted octanol–water partition coefficient (Wildman–Crippen LogP) is 2.23. The Hall–Kier alpha value is -2.09. The smallest absolute Gasteiger partial charge is 0.356 e. The van der Waals surface area contributed by atoms with Gasteiger partial charge in [0.2, 0.25) is 5.91 Å². The van der Waals surface area contributed by atoms with Gasteiger partial charge in [0, 0.05) is 38.2 Å². The number of rotatable bonds is 4. The van der Waals surface area contributed by atoms with Gasteiger partial charge in [0.15, 0.2) is 0 Å². The summed E-state index contributed by atoms with van der Waals surface area (Å²) in [6.45, 7) is 2.99. The van der Waals surface area contributed by atoms with Crippen LogP contribution in [0.5, 0.6) is 0 Å². The Morgan fingerprint density at radius 2 is 1.85 bits per heavy atom. The van der Waals surface area contributed by atoms with Crippen LogP contribution in [0.15, 0.2) is 24.3 Å². The maximum absolute atomic E-state index is 12.7. The highest BCUT2D eigenvalue weighted by molar-refractivity contribution is 5.94. The van der Waals surface area contributed by atoms with Crippen LogP contribution >= 0.6 is 0 Å². The highest BCUT2D eigenvalue weighted by Crippen LogP contribution is 2.29. The van der Waals surface area contributed by atoms with E-state index in [1.165, 1.54) is 19.1 Å². The third-order valence-corrected chi connectivity index (χ3v) is 4.74. The first-order valence-electron chi connectivity index (χ1n) is 8.47. The third-order valence-electron chi connectivity index (χ3n) is 4.74. The Labute approximate surface area is 151 Å². The van der Waals surface area contributed by atoms with Gasteiger partial charge in [0.1, 0.15) is 0 Å². The fourth-order valence-electron chi connectivity index (χ4n) is 3.25. The molecule has 0 saturated carbocycles. The van der Waals surface area contributed by atoms with Crippen molar-refractivity contribution in [1.82, 2.24) is 15.1 Å². The lowest BCUT2D eigenvalue weighted by Crippen LogP contribution is -2.54. The van der Waals surface area contributed by atoms with Crippen LogP contribution in [-0.4, -0.2) is 61.4 Å². The second-order valence-electron chi connectivity index (χ2n) is 6.84. The number of nitrogens with one attached hydrogen (secondary N) is 1. The normalized spacial score (nSPS) is 21.0. The van der Waals surface area contributed by atoms with Crippen LogP contribution in [0.1, 0.15) is 29.3 Å². The van der Waals surface area contributed by atoms with E-state index in [-0.39, 0.29) is 29.3 Å². The zero-order chi connectivity index (χ0) is 19.5. The number of piperidine rings is 1. The number of hydrogen-bond acceptors (Lipinski definition) is 3. The molecular formula is C18H24F3N3O2. The van der Waals surface area contributed by atoms with Gasteiger partial charge in [-0.2, -0.15) is 13.2 Å². The van der Waals surface area contributed by atoms with Gasteiger partial charge < -0.3 is 15.1 Å². The first-order chi connectivity index (χ1) is 12.1. The van der Waals surface area contributed by atoms with Crippen LogP contribution in [0.3, 0.4) is 0 Å². The second kappa shape index (κ2) is 8.07. The zero-order valence-corrected chi connectivity index (χ0v) is 15.1. The van der Waals surface area contributed by atoms with Crippen LogP contribution in [-0.2, 0) is 11.0 Å². The van der Waals surface area contributed by atoms with Crippen LogP contribution in [0.4, 0.5) is 13.2 Å². The van der Waals surface area contributed by atoms with E-state index in [1.807, 2.05) is 19.0 Å². The molecule has 144 valence electrons. The molecule has 0 spiro atoms. The van der Waals surface area contributed by atoms with Gasteiger partial charge in [-0.1, -0.05) is 0 Å². The Kier molecular flexibility index (Phi) is 6.28. The molecule has 1 saturated heterocycles. The topological polar surface area (TPSA) is 52.7 Å². The first kappa shape index (κ1) is 20.2. The number of likely N-dealkylation sites (N-methyl/N-ethyl adjacent to an activating group) is 1. The Bertz CT molecular complexity index is 644. The van der Waals surface area contributed by atoms with Crippen molar-refractivity contribution < 1.29 is 22.8 Å². The van der Waals surface area contributed by atoms with Crippen molar-refractivity contribution in [3.8, 4) is 0 Å². The minimum atomic E-state index is -4.42. The molecule has 1 aliphatic heterocycles. The zero-order valence-electron chi connectivity index (χ0n) is 15.1. The summed E-state index contributed by atoms with van der Waals surface area (Å²) in [6.07, 6.45) is -3.70. The maximum Gasteiger partial charge on any atom is 0.416 e. The molecule has 2 atom stereocenters. The molecule has 1 aliphatic rings. The summed E-state index contributed by atoms with van der Waals surface area (Å²) in [5.74, 6) is -0.153. The van der Waals surface area contributed by atoms with Crippen LogP contribution in [0.25, 0.3) is 0 Å². The summed E-state index contributed by atoms with van der Waals surface area (Å²) >= 11 is 0. The Balaban J connectivity index is 2.07. The number of carbonyl (C=O) groups is 2. The van der Waals surface area contributed by atoms with Crippen molar-refractivity contribution in [2.45, 2.75) is 25.6 Å². The molecule has 8 heteroatoms. The summed E-state index contributed by atoms with van der Waals surface area (Å²) < 4.78 is 38.0. The second-order valence-corrected chi connectivity index (χ2v) is 6.84. The molecule has 1 fully saturated rings. The molecule has 26 heavy (non-hydrogen) atoms. The molecule has 2 rings (SSSR count). The SMILES string of the molecule is CC(=O)NC[C@H]1CCN(C(=O)c2ccc(C(F)(F)F)cc2)C[C@H]1N(C)C. The van der Waals surface area contributed by atoms with E-state index in [4.69, 9.17) is 0 Å². The van der Waals surface area contributed by atoms with E-state index in [0.29, 0.717) is 19.6 Å². The van der Waals surface area contributed by atoms with Crippen LogP contribution in [0, 0.1) is 5.92 Å². The lowest BCUT2D eigenvalue weighted by atomic mass is 9.90. The number of likely N-dealkylation sites (tertiary alicyclic amines) is 1. The van der Waals surface area contributed by atoms with E-state index < -0.39 is 11.7 Å². The van der Waals surface area contributed by atoms with E-state index in [0.717, 1.165) is 18.6 Å². The molecule has 0 aromatic heterocycles. The molecule has 0 unspecified atom stereocenters. The minimum Gasteiger partial charge on any atom is -0.356 e. The first-order valence-corrected chi connectivity index (χ1v) is 8.47. The van der Waals surface area contributed by atoms with Crippen LogP contribution in [0.2, 0.25) is 0 Å². The summed E-state index contributed by atoms with van der Waals surface area (Å²) in [6, 6.07) is 4.37. The molecule has 0 aliphatic carbocycles. The van der Waals surface area contributed by atoms with Gasteiger partial charge in [-0.3, -0.25) is 9.59 Å². The molecule has 1 aromatic carbocycles. The fourth-order valence-corrected chi connectivity index (χ4v) is 3.25. The standard InChI is InChI=1S/C18H24F3N3O2/c1-12(25)22-10-14-8-9-24(11-16(14)23(2)3)17(26)13-4-6-15(7-5-13)18(19,20)21/h4-7,14,16H,8-11H2,1-3H3,(H,22,25)/t14-,16-/m1/s1. The summed E-state index contributed by atoms with van der Waals surface area (Å²) in [4.78, 5) is 27.5. The van der Waals surface area contributed by atoms with Gasteiger partial charge in [0.25, 0.3) is 5.91 Å². The van der Waals surface area contributed by atoms with Gasteiger partial charge in [-0.15, -0.1) is 0 Å². The van der Waals surface area contributed by atoms with Crippen LogP contribution < -0.4 is 5.32 Å². The van der Waals surface area contributed by atoms with Crippen molar-refractivity contribution in [3.05, 3.63) is 35.4 Å². The minimum absolute atomic E-state index is 0.0639. The molecule has 1 N–H and O–H groups in total. The fraction of sp³-hybridized carbons (Fsp3) is 0.556. The number of carbonyl (C=O) groups excluding carboxylic acids is 2. The number of nitrogens with zero attached hydrogens (tertiary/aromatic N) is 2. The van der Waals surface area contributed by atoms with Gasteiger partial charge in [-0.05, 0) is 50.7 Å². The molecule has 1 heterocycles. The number of hydrogen-bond donors (Lipinski definition) is 1. The van der Waals surface area contributed by atoms with Crippen molar-refractivity contribution in [2.75, 3.05) is 33.7 Å². The highest BCUT2D eigenvalue weighted by atomic mass is 19.4. The molecule has 5 nitrogen and oxygen atoms in total. The van der Waals surface area contributed by atoms with E-state index in [1.54, 1.807) is 4.90 Å². The number of amides is 2. The van der Waals surface area contributed by atoms with Crippen molar-refractivity contribution in [2.24, 2.45) is 5.92 Å². The van der Waals surface area contributed by atoms with E-state index in [9.17, 15) is 22.8 Å². The molecule has 2 amide bonds. The molecule has 0 bridgehead atoms. The summed E-state index contributed by atoms with van der Waals surface area (Å²) in [7, 11) is 3.83. The molecule has 1 aromatic rings. The predicted molar refractivity (Wildman–Crippen MR) is 91.6 cm³/mol. The largest absolute Gasteiger partial charge is 0.416 e. The van der Waals surface area contributed by atoms with Gasteiger partial charge in [-0.25, -0.2) is 0 Å². The molecule has 0 radical (unpaired) electrons. The average Bonchev–Trinajstić information content (AvgIpc) is 2.58. The van der Waals surface area contributed by atoms with Gasteiger partial charge in [0.05, 0.1) is 5.56 Å². The Morgan fingerprint density at radius 3 is 2.35 bits per heavy atom. The average molecular weight is 371 g/mol. The van der Waals surface area contributed by atoms with Crippen molar-refractivity contribution in [3.63, 3.8) is 0 Å². The number of benzene rings is 1. The van der Waals surface area contributed by atoms with Gasteiger partial charge >= 0.3 is 6.18 Å². The highest BCUT2D eigenvalue weighted by Gasteiger charge is 2.34. The summed E-state index contributed by atoms with van der Waals surface area (Å²) in [5.41, 5.74) is -0.523. The van der Waals surface area contributed by atoms with Crippen molar-refractivity contribution >= 4 is 11.8 Å². The summed E-state index contributed by atoms with van der Waals surface area (Å²) in [5, 5.41) is 2.82. The number of alkyl halides is 3.